The minimum absolute atomic E-state index is 0.158. The first kappa shape index (κ1) is 18.1. The standard InChI is InChI=1S/C17H17F2NO3S/c1-22-14-4-2-3-5-15(14)23-11-10-16(21)20-12-6-8-13(9-7-12)24-17(18)19/h2-9,17H,10-11H2,1H3,(H,20,21). The maximum Gasteiger partial charge on any atom is 0.288 e. The number of methoxy groups -OCH3 is 1. The summed E-state index contributed by atoms with van der Waals surface area (Å²) in [7, 11) is 1.55. The molecule has 0 bridgehead atoms. The van der Waals surface area contributed by atoms with Gasteiger partial charge in [-0.3, -0.25) is 4.79 Å². The summed E-state index contributed by atoms with van der Waals surface area (Å²) in [6, 6.07) is 13.4. The predicted molar refractivity (Wildman–Crippen MR) is 90.0 cm³/mol. The van der Waals surface area contributed by atoms with E-state index in [2.05, 4.69) is 5.32 Å². The average Bonchev–Trinajstić information content (AvgIpc) is 2.56. The largest absolute Gasteiger partial charge is 0.493 e. The van der Waals surface area contributed by atoms with Crippen LogP contribution in [0.25, 0.3) is 0 Å². The molecule has 0 saturated carbocycles. The first-order chi connectivity index (χ1) is 11.6. The number of carbonyl (C=O) groups is 1. The summed E-state index contributed by atoms with van der Waals surface area (Å²) >= 11 is 0.463. The molecular formula is C17H17F2NO3S. The van der Waals surface area contributed by atoms with E-state index in [-0.39, 0.29) is 18.9 Å². The molecule has 1 N–H and O–H groups in total. The Balaban J connectivity index is 1.79. The Kier molecular flexibility index (Phi) is 6.87. The van der Waals surface area contributed by atoms with Gasteiger partial charge in [-0.1, -0.05) is 23.9 Å². The van der Waals surface area contributed by atoms with Crippen molar-refractivity contribution in [3.63, 3.8) is 0 Å². The van der Waals surface area contributed by atoms with Gasteiger partial charge in [-0.05, 0) is 36.4 Å². The van der Waals surface area contributed by atoms with E-state index in [0.717, 1.165) is 0 Å². The van der Waals surface area contributed by atoms with Crippen molar-refractivity contribution in [1.82, 2.24) is 0 Å². The van der Waals surface area contributed by atoms with Crippen LogP contribution >= 0.6 is 11.8 Å². The molecule has 0 radical (unpaired) electrons. The first-order valence-electron chi connectivity index (χ1n) is 7.19. The van der Waals surface area contributed by atoms with E-state index < -0.39 is 5.76 Å². The number of hydrogen-bond donors (Lipinski definition) is 1. The van der Waals surface area contributed by atoms with Crippen LogP contribution in [0.4, 0.5) is 14.5 Å². The van der Waals surface area contributed by atoms with Crippen molar-refractivity contribution < 1.29 is 23.0 Å². The number of rotatable bonds is 8. The fourth-order valence-electron chi connectivity index (χ4n) is 1.93. The van der Waals surface area contributed by atoms with Crippen LogP contribution in [0.3, 0.4) is 0 Å². The Morgan fingerprint density at radius 2 is 1.79 bits per heavy atom. The molecule has 2 aromatic carbocycles. The number of benzene rings is 2. The zero-order chi connectivity index (χ0) is 17.4. The zero-order valence-corrected chi connectivity index (χ0v) is 13.8. The van der Waals surface area contributed by atoms with E-state index in [0.29, 0.717) is 33.8 Å². The van der Waals surface area contributed by atoms with Gasteiger partial charge in [-0.2, -0.15) is 8.78 Å². The third-order valence-corrected chi connectivity index (χ3v) is 3.74. The van der Waals surface area contributed by atoms with Gasteiger partial charge in [-0.25, -0.2) is 0 Å². The monoisotopic (exact) mass is 353 g/mol. The molecule has 0 atom stereocenters. The van der Waals surface area contributed by atoms with Crippen LogP contribution in [-0.4, -0.2) is 25.4 Å². The number of carbonyl (C=O) groups excluding carboxylic acids is 1. The Hall–Kier alpha value is -2.28. The molecule has 7 heteroatoms. The van der Waals surface area contributed by atoms with Gasteiger partial charge in [0.15, 0.2) is 11.5 Å². The van der Waals surface area contributed by atoms with Crippen LogP contribution in [0.5, 0.6) is 11.5 Å². The van der Waals surface area contributed by atoms with Gasteiger partial charge in [0.1, 0.15) is 0 Å². The van der Waals surface area contributed by atoms with Crippen molar-refractivity contribution in [2.24, 2.45) is 0 Å². The topological polar surface area (TPSA) is 47.6 Å². The Morgan fingerprint density at radius 1 is 1.12 bits per heavy atom. The fourth-order valence-corrected chi connectivity index (χ4v) is 2.43. The summed E-state index contributed by atoms with van der Waals surface area (Å²) in [6.45, 7) is 0.200. The molecule has 0 spiro atoms. The number of thioether (sulfide) groups is 1. The summed E-state index contributed by atoms with van der Waals surface area (Å²) < 4.78 is 35.2. The van der Waals surface area contributed by atoms with Crippen LogP contribution in [0.15, 0.2) is 53.4 Å². The van der Waals surface area contributed by atoms with Crippen molar-refractivity contribution in [3.8, 4) is 11.5 Å². The molecule has 0 aromatic heterocycles. The SMILES string of the molecule is COc1ccccc1OCCC(=O)Nc1ccc(SC(F)F)cc1. The normalized spacial score (nSPS) is 10.5. The average molecular weight is 353 g/mol. The highest BCUT2D eigenvalue weighted by atomic mass is 32.2. The molecule has 128 valence electrons. The molecule has 0 aliphatic carbocycles. The highest BCUT2D eigenvalue weighted by molar-refractivity contribution is 7.99. The highest BCUT2D eigenvalue weighted by Crippen LogP contribution is 2.27. The van der Waals surface area contributed by atoms with Gasteiger partial charge >= 0.3 is 0 Å². The highest BCUT2D eigenvalue weighted by Gasteiger charge is 2.07. The third kappa shape index (κ3) is 5.73. The molecular weight excluding hydrogens is 336 g/mol. The summed E-state index contributed by atoms with van der Waals surface area (Å²) in [4.78, 5) is 12.3. The Labute approximate surface area is 143 Å². The smallest absolute Gasteiger partial charge is 0.288 e. The van der Waals surface area contributed by atoms with E-state index in [1.54, 1.807) is 31.4 Å². The van der Waals surface area contributed by atoms with Crippen molar-refractivity contribution in [1.29, 1.82) is 0 Å². The van der Waals surface area contributed by atoms with Crippen LogP contribution < -0.4 is 14.8 Å². The van der Waals surface area contributed by atoms with Crippen molar-refractivity contribution in [3.05, 3.63) is 48.5 Å². The van der Waals surface area contributed by atoms with E-state index in [4.69, 9.17) is 9.47 Å². The summed E-state index contributed by atoms with van der Waals surface area (Å²) in [5.41, 5.74) is 0.552. The molecule has 1 amide bonds. The summed E-state index contributed by atoms with van der Waals surface area (Å²) in [5.74, 6) is -1.51. The van der Waals surface area contributed by atoms with E-state index in [1.807, 2.05) is 12.1 Å². The minimum Gasteiger partial charge on any atom is -0.493 e. The summed E-state index contributed by atoms with van der Waals surface area (Å²) in [5, 5.41) is 2.69. The number of hydrogen-bond acceptors (Lipinski definition) is 4. The van der Waals surface area contributed by atoms with Crippen LogP contribution in [-0.2, 0) is 4.79 Å². The zero-order valence-electron chi connectivity index (χ0n) is 13.0. The van der Waals surface area contributed by atoms with Gasteiger partial charge in [0.25, 0.3) is 5.76 Å². The number of alkyl halides is 2. The number of halogens is 2. The van der Waals surface area contributed by atoms with E-state index >= 15 is 0 Å². The molecule has 2 aromatic rings. The van der Waals surface area contributed by atoms with E-state index in [1.165, 1.54) is 12.1 Å². The Morgan fingerprint density at radius 3 is 2.42 bits per heavy atom. The summed E-state index contributed by atoms with van der Waals surface area (Å²) in [6.07, 6.45) is 0.158. The quantitative estimate of drug-likeness (QED) is 0.714. The third-order valence-electron chi connectivity index (χ3n) is 3.02. The minimum atomic E-state index is -2.46. The van der Waals surface area contributed by atoms with Crippen molar-refractivity contribution >= 4 is 23.4 Å². The second-order valence-electron chi connectivity index (χ2n) is 4.70. The van der Waals surface area contributed by atoms with Crippen LogP contribution in [0.2, 0.25) is 0 Å². The number of amides is 1. The molecule has 0 fully saturated rings. The maximum atomic E-state index is 12.2. The van der Waals surface area contributed by atoms with Gasteiger partial charge in [-0.15, -0.1) is 0 Å². The number of ether oxygens (including phenoxy) is 2. The van der Waals surface area contributed by atoms with Crippen LogP contribution in [0.1, 0.15) is 6.42 Å². The number of anilines is 1. The van der Waals surface area contributed by atoms with Crippen molar-refractivity contribution in [2.75, 3.05) is 19.0 Å². The van der Waals surface area contributed by atoms with Crippen LogP contribution in [0, 0.1) is 0 Å². The van der Waals surface area contributed by atoms with Gasteiger partial charge in [0, 0.05) is 10.6 Å². The molecule has 4 nitrogen and oxygen atoms in total. The van der Waals surface area contributed by atoms with Gasteiger partial charge in [0.05, 0.1) is 20.1 Å². The first-order valence-corrected chi connectivity index (χ1v) is 8.07. The molecule has 24 heavy (non-hydrogen) atoms. The lowest BCUT2D eigenvalue weighted by Crippen LogP contribution is -2.15. The molecule has 0 saturated heterocycles. The lowest BCUT2D eigenvalue weighted by Gasteiger charge is -2.10. The molecule has 0 aliphatic heterocycles. The van der Waals surface area contributed by atoms with Crippen molar-refractivity contribution in [2.45, 2.75) is 17.1 Å². The number of nitrogens with one attached hydrogen (secondary N) is 1. The molecule has 2 rings (SSSR count). The molecule has 0 unspecified atom stereocenters. The lowest BCUT2D eigenvalue weighted by atomic mass is 10.3. The number of para-hydroxylation sites is 2. The van der Waals surface area contributed by atoms with Gasteiger partial charge in [0.2, 0.25) is 5.91 Å². The predicted octanol–water partition coefficient (Wildman–Crippen LogP) is 4.42. The maximum absolute atomic E-state index is 12.2. The second-order valence-corrected chi connectivity index (χ2v) is 5.76. The lowest BCUT2D eigenvalue weighted by molar-refractivity contribution is -0.116. The van der Waals surface area contributed by atoms with E-state index in [9.17, 15) is 13.6 Å². The molecule has 0 heterocycles. The van der Waals surface area contributed by atoms with Gasteiger partial charge < -0.3 is 14.8 Å². The fraction of sp³-hybridized carbons (Fsp3) is 0.235. The molecule has 0 aliphatic rings. The Bertz CT molecular complexity index is 665. The second kappa shape index (κ2) is 9.12.